The van der Waals surface area contributed by atoms with E-state index in [-0.39, 0.29) is 11.8 Å². The fourth-order valence-electron chi connectivity index (χ4n) is 2.47. The number of nitrogen functional groups attached to an aromatic ring is 1. The molecular formula is C15H26N5O4P. The summed E-state index contributed by atoms with van der Waals surface area (Å²) in [5.41, 5.74) is 7.22. The lowest BCUT2D eigenvalue weighted by atomic mass is 10.2. The zero-order valence-corrected chi connectivity index (χ0v) is 16.1. The maximum Gasteiger partial charge on any atom is 0.350 e. The summed E-state index contributed by atoms with van der Waals surface area (Å²) in [6.45, 7) is 10.1. The minimum Gasteiger partial charge on any atom is -0.382 e. The zero-order valence-electron chi connectivity index (χ0n) is 15.2. The van der Waals surface area contributed by atoms with E-state index in [0.29, 0.717) is 29.4 Å². The van der Waals surface area contributed by atoms with Crippen molar-refractivity contribution < 1.29 is 19.1 Å². The molecule has 2 heterocycles. The van der Waals surface area contributed by atoms with Gasteiger partial charge in [0.2, 0.25) is 0 Å². The Kier molecular flexibility index (Phi) is 5.83. The summed E-state index contributed by atoms with van der Waals surface area (Å²) in [5, 5.41) is 0. The number of nitrogens with two attached hydrogens (primary N) is 1. The summed E-state index contributed by atoms with van der Waals surface area (Å²) < 4.78 is 18.2. The lowest BCUT2D eigenvalue weighted by Gasteiger charge is -2.17. The average Bonchev–Trinajstić information content (AvgIpc) is 2.84. The monoisotopic (exact) mass is 371 g/mol. The molecule has 25 heavy (non-hydrogen) atoms. The summed E-state index contributed by atoms with van der Waals surface area (Å²) in [6.07, 6.45) is -1.05. The standard InChI is InChI=1S/C15H26N5O4P/c1-8(2)13-18-12(16)11-15(19-13)20(14(17-11)9(3)4)6-10(5)24-7-25(21,22)23/h8-10H,6-7H2,1-5H3,(H2,16,18,19)(H2,21,22,23)/t10-/m0/s1. The molecule has 0 radical (unpaired) electrons. The lowest BCUT2D eigenvalue weighted by molar-refractivity contribution is 0.0757. The number of fused-ring (bicyclic) bond motifs is 1. The van der Waals surface area contributed by atoms with E-state index < -0.39 is 20.0 Å². The van der Waals surface area contributed by atoms with Crippen LogP contribution in [0.25, 0.3) is 11.2 Å². The van der Waals surface area contributed by atoms with Crippen molar-refractivity contribution >= 4 is 24.6 Å². The van der Waals surface area contributed by atoms with E-state index in [2.05, 4.69) is 15.0 Å². The fraction of sp³-hybridized carbons (Fsp3) is 0.667. The molecule has 0 aliphatic rings. The van der Waals surface area contributed by atoms with E-state index in [1.54, 1.807) is 6.92 Å². The second-order valence-electron chi connectivity index (χ2n) is 6.80. The van der Waals surface area contributed by atoms with Crippen LogP contribution in [0.1, 0.15) is 58.1 Å². The number of imidazole rings is 1. The van der Waals surface area contributed by atoms with Gasteiger partial charge in [-0.3, -0.25) is 4.57 Å². The van der Waals surface area contributed by atoms with Crippen LogP contribution in [0.4, 0.5) is 5.82 Å². The average molecular weight is 371 g/mol. The quantitative estimate of drug-likeness (QED) is 0.630. The molecule has 0 amide bonds. The summed E-state index contributed by atoms with van der Waals surface area (Å²) >= 11 is 0. The second kappa shape index (κ2) is 7.37. The molecule has 0 unspecified atom stereocenters. The zero-order chi connectivity index (χ0) is 18.9. The molecule has 0 aromatic carbocycles. The lowest BCUT2D eigenvalue weighted by Crippen LogP contribution is -2.20. The van der Waals surface area contributed by atoms with Crippen LogP contribution in [0.15, 0.2) is 0 Å². The van der Waals surface area contributed by atoms with Crippen LogP contribution in [-0.2, 0) is 15.8 Å². The molecule has 0 saturated carbocycles. The van der Waals surface area contributed by atoms with Gasteiger partial charge in [0.25, 0.3) is 0 Å². The third kappa shape index (κ3) is 4.76. The van der Waals surface area contributed by atoms with Gasteiger partial charge in [-0.15, -0.1) is 0 Å². The van der Waals surface area contributed by atoms with Gasteiger partial charge in [-0.05, 0) is 6.92 Å². The Morgan fingerprint density at radius 3 is 2.28 bits per heavy atom. The number of hydrogen-bond acceptors (Lipinski definition) is 6. The van der Waals surface area contributed by atoms with Crippen LogP contribution in [0.5, 0.6) is 0 Å². The fourth-order valence-corrected chi connectivity index (χ4v) is 2.92. The molecule has 0 aliphatic carbocycles. The van der Waals surface area contributed by atoms with Crippen LogP contribution < -0.4 is 5.73 Å². The number of ether oxygens (including phenoxy) is 1. The Bertz CT molecular complexity index is 799. The molecule has 0 spiro atoms. The third-order valence-corrected chi connectivity index (χ3v) is 4.15. The molecule has 4 N–H and O–H groups in total. The Morgan fingerprint density at radius 2 is 1.76 bits per heavy atom. The van der Waals surface area contributed by atoms with E-state index in [1.165, 1.54) is 0 Å². The van der Waals surface area contributed by atoms with Crippen molar-refractivity contribution in [1.29, 1.82) is 0 Å². The number of aromatic nitrogens is 4. The molecule has 2 rings (SSSR count). The van der Waals surface area contributed by atoms with E-state index in [1.807, 2.05) is 32.3 Å². The molecule has 2 aromatic heterocycles. The van der Waals surface area contributed by atoms with Gasteiger partial charge in [0, 0.05) is 11.8 Å². The van der Waals surface area contributed by atoms with E-state index in [4.69, 9.17) is 20.3 Å². The Hall–Kier alpha value is -1.54. The maximum atomic E-state index is 11.0. The molecule has 9 nitrogen and oxygen atoms in total. The van der Waals surface area contributed by atoms with Gasteiger partial charge in [-0.2, -0.15) is 0 Å². The van der Waals surface area contributed by atoms with Gasteiger partial charge >= 0.3 is 7.60 Å². The van der Waals surface area contributed by atoms with Crippen molar-refractivity contribution in [2.75, 3.05) is 12.1 Å². The molecule has 0 fully saturated rings. The van der Waals surface area contributed by atoms with Gasteiger partial charge < -0.3 is 24.8 Å². The molecular weight excluding hydrogens is 345 g/mol. The molecule has 0 aliphatic heterocycles. The predicted octanol–water partition coefficient (Wildman–Crippen LogP) is 2.20. The minimum absolute atomic E-state index is 0.112. The predicted molar refractivity (Wildman–Crippen MR) is 95.4 cm³/mol. The highest BCUT2D eigenvalue weighted by molar-refractivity contribution is 7.51. The first-order valence-electron chi connectivity index (χ1n) is 8.19. The summed E-state index contributed by atoms with van der Waals surface area (Å²) in [5.74, 6) is 1.97. The van der Waals surface area contributed by atoms with Gasteiger partial charge in [0.1, 0.15) is 18.0 Å². The minimum atomic E-state index is -4.21. The van der Waals surface area contributed by atoms with Crippen molar-refractivity contribution in [3.8, 4) is 0 Å². The number of nitrogens with zero attached hydrogens (tertiary/aromatic N) is 4. The van der Waals surface area contributed by atoms with Gasteiger partial charge in [-0.25, -0.2) is 15.0 Å². The summed E-state index contributed by atoms with van der Waals surface area (Å²) in [6, 6.07) is 0. The van der Waals surface area contributed by atoms with Crippen molar-refractivity contribution in [3.05, 3.63) is 11.6 Å². The van der Waals surface area contributed by atoms with Crippen LogP contribution in [0, 0.1) is 0 Å². The SMILES string of the molecule is CC(C)c1nc(N)c2nc(C(C)C)n(C[C@H](C)OCP(=O)(O)O)c2n1. The van der Waals surface area contributed by atoms with Gasteiger partial charge in [0.05, 0.1) is 12.6 Å². The van der Waals surface area contributed by atoms with Gasteiger partial charge in [0.15, 0.2) is 17.0 Å². The smallest absolute Gasteiger partial charge is 0.350 e. The van der Waals surface area contributed by atoms with Crippen LogP contribution in [0.3, 0.4) is 0 Å². The van der Waals surface area contributed by atoms with Crippen molar-refractivity contribution in [3.63, 3.8) is 0 Å². The van der Waals surface area contributed by atoms with E-state index in [0.717, 1.165) is 5.82 Å². The molecule has 2 aromatic rings. The van der Waals surface area contributed by atoms with Crippen molar-refractivity contribution in [2.24, 2.45) is 0 Å². The molecule has 0 saturated heterocycles. The largest absolute Gasteiger partial charge is 0.382 e. The molecule has 10 heteroatoms. The molecule has 140 valence electrons. The van der Waals surface area contributed by atoms with Crippen LogP contribution in [-0.4, -0.2) is 41.8 Å². The van der Waals surface area contributed by atoms with Crippen LogP contribution >= 0.6 is 7.60 Å². The third-order valence-electron chi connectivity index (χ3n) is 3.67. The number of rotatable bonds is 7. The Labute approximate surface area is 146 Å². The maximum absolute atomic E-state index is 11.0. The number of anilines is 1. The van der Waals surface area contributed by atoms with E-state index in [9.17, 15) is 4.57 Å². The van der Waals surface area contributed by atoms with Crippen molar-refractivity contribution in [2.45, 2.75) is 59.1 Å². The topological polar surface area (TPSA) is 136 Å². The van der Waals surface area contributed by atoms with Gasteiger partial charge in [-0.1, -0.05) is 27.7 Å². The highest BCUT2D eigenvalue weighted by atomic mass is 31.2. The normalized spacial score (nSPS) is 14.0. The Morgan fingerprint density at radius 1 is 1.12 bits per heavy atom. The first kappa shape index (κ1) is 19.8. The molecule has 0 bridgehead atoms. The van der Waals surface area contributed by atoms with Crippen molar-refractivity contribution in [1.82, 2.24) is 19.5 Å². The Balaban J connectivity index is 2.45. The summed E-state index contributed by atoms with van der Waals surface area (Å²) in [7, 11) is -4.21. The first-order valence-corrected chi connectivity index (χ1v) is 9.99. The first-order chi connectivity index (χ1) is 11.5. The highest BCUT2D eigenvalue weighted by Gasteiger charge is 2.22. The van der Waals surface area contributed by atoms with Crippen LogP contribution in [0.2, 0.25) is 0 Å². The second-order valence-corrected chi connectivity index (χ2v) is 8.39. The summed E-state index contributed by atoms with van der Waals surface area (Å²) in [4.78, 5) is 31.4. The van der Waals surface area contributed by atoms with E-state index >= 15 is 0 Å². The highest BCUT2D eigenvalue weighted by Crippen LogP contribution is 2.34. The molecule has 1 atom stereocenters. The number of hydrogen-bond donors (Lipinski definition) is 3.